The lowest BCUT2D eigenvalue weighted by atomic mass is 10.1. The first-order valence-corrected chi connectivity index (χ1v) is 9.35. The highest BCUT2D eigenvalue weighted by molar-refractivity contribution is 9.10. The number of amides is 1. The van der Waals surface area contributed by atoms with Crippen molar-refractivity contribution in [1.82, 2.24) is 10.3 Å². The number of ether oxygens (including phenoxy) is 1. The number of aromatic nitrogens is 1. The monoisotopic (exact) mass is 396 g/mol. The van der Waals surface area contributed by atoms with Crippen molar-refractivity contribution < 1.29 is 9.53 Å². The minimum Gasteiger partial charge on any atom is -0.470 e. The number of nitrogens with zero attached hydrogens (tertiary/aromatic N) is 1. The van der Waals surface area contributed by atoms with E-state index in [4.69, 9.17) is 4.74 Å². The molecule has 1 aromatic heterocycles. The molecule has 0 aliphatic rings. The number of carbonyl (C=O) groups is 1. The van der Waals surface area contributed by atoms with Crippen LogP contribution in [0.4, 0.5) is 0 Å². The first-order valence-electron chi connectivity index (χ1n) is 7.27. The van der Waals surface area contributed by atoms with Gasteiger partial charge < -0.3 is 10.1 Å². The lowest BCUT2D eigenvalue weighted by Gasteiger charge is -2.25. The fourth-order valence-electron chi connectivity index (χ4n) is 2.11. The minimum absolute atomic E-state index is 0.128. The molecule has 0 saturated carbocycles. The number of hydrogen-bond acceptors (Lipinski definition) is 4. The van der Waals surface area contributed by atoms with Crippen LogP contribution in [0.25, 0.3) is 10.9 Å². The van der Waals surface area contributed by atoms with E-state index >= 15 is 0 Å². The summed E-state index contributed by atoms with van der Waals surface area (Å²) in [5.41, 5.74) is 0.972. The Morgan fingerprint density at radius 2 is 2.04 bits per heavy atom. The van der Waals surface area contributed by atoms with E-state index in [0.29, 0.717) is 5.75 Å². The van der Waals surface area contributed by atoms with Crippen LogP contribution in [0.1, 0.15) is 26.3 Å². The van der Waals surface area contributed by atoms with Gasteiger partial charge >= 0.3 is 0 Å². The molecule has 0 radical (unpaired) electrons. The minimum atomic E-state index is -0.592. The summed E-state index contributed by atoms with van der Waals surface area (Å²) < 4.78 is 6.87. The van der Waals surface area contributed by atoms with Crippen LogP contribution in [-0.4, -0.2) is 28.1 Å². The Kier molecular flexibility index (Phi) is 5.57. The fourth-order valence-corrected chi connectivity index (χ4v) is 2.93. The molecule has 124 valence electrons. The van der Waals surface area contributed by atoms with Gasteiger partial charge in [0.1, 0.15) is 5.75 Å². The number of benzene rings is 1. The molecule has 0 aliphatic heterocycles. The van der Waals surface area contributed by atoms with Crippen LogP contribution >= 0.6 is 27.7 Å². The Morgan fingerprint density at radius 1 is 1.35 bits per heavy atom. The molecular weight excluding hydrogens is 376 g/mol. The maximum Gasteiger partial charge on any atom is 0.272 e. The van der Waals surface area contributed by atoms with E-state index in [1.807, 2.05) is 52.1 Å². The SMILES string of the molecule is CSC(Oc1cc2cc(Br)cnc2cc1C)C(=O)NC(C)(C)C. The second-order valence-electron chi connectivity index (χ2n) is 6.39. The van der Waals surface area contributed by atoms with Crippen molar-refractivity contribution in [3.8, 4) is 5.75 Å². The fraction of sp³-hybridized carbons (Fsp3) is 0.412. The first-order chi connectivity index (χ1) is 10.7. The number of hydrogen-bond donors (Lipinski definition) is 1. The molecule has 1 aromatic carbocycles. The van der Waals surface area contributed by atoms with Crippen LogP contribution in [0.2, 0.25) is 0 Å². The van der Waals surface area contributed by atoms with Crippen LogP contribution in [-0.2, 0) is 4.79 Å². The zero-order chi connectivity index (χ0) is 17.2. The Balaban J connectivity index is 2.28. The highest BCUT2D eigenvalue weighted by Gasteiger charge is 2.24. The Labute approximate surface area is 149 Å². The van der Waals surface area contributed by atoms with Gasteiger partial charge in [0, 0.05) is 21.6 Å². The molecule has 1 atom stereocenters. The molecule has 0 spiro atoms. The van der Waals surface area contributed by atoms with E-state index in [2.05, 4.69) is 26.2 Å². The first kappa shape index (κ1) is 18.1. The third-order valence-corrected chi connectivity index (χ3v) is 4.28. The third-order valence-electron chi connectivity index (χ3n) is 3.10. The van der Waals surface area contributed by atoms with Crippen LogP contribution in [0.5, 0.6) is 5.75 Å². The molecule has 1 heterocycles. The van der Waals surface area contributed by atoms with Gasteiger partial charge in [0.2, 0.25) is 5.44 Å². The third kappa shape index (κ3) is 4.85. The summed E-state index contributed by atoms with van der Waals surface area (Å²) in [5.74, 6) is 0.567. The van der Waals surface area contributed by atoms with E-state index in [1.54, 1.807) is 6.20 Å². The van der Waals surface area contributed by atoms with E-state index in [1.165, 1.54) is 11.8 Å². The van der Waals surface area contributed by atoms with Gasteiger partial charge in [-0.3, -0.25) is 9.78 Å². The van der Waals surface area contributed by atoms with Crippen molar-refractivity contribution in [1.29, 1.82) is 0 Å². The van der Waals surface area contributed by atoms with Gasteiger partial charge in [0.15, 0.2) is 0 Å². The lowest BCUT2D eigenvalue weighted by Crippen LogP contribution is -2.46. The number of nitrogens with one attached hydrogen (secondary N) is 1. The average molecular weight is 397 g/mol. The number of carbonyl (C=O) groups excluding carboxylic acids is 1. The second-order valence-corrected chi connectivity index (χ2v) is 8.20. The zero-order valence-corrected chi connectivity index (χ0v) is 16.3. The van der Waals surface area contributed by atoms with Crippen LogP contribution in [0.3, 0.4) is 0 Å². The second kappa shape index (κ2) is 7.09. The number of aryl methyl sites for hydroxylation is 1. The van der Waals surface area contributed by atoms with Crippen molar-refractivity contribution >= 4 is 44.5 Å². The highest BCUT2D eigenvalue weighted by atomic mass is 79.9. The molecule has 6 heteroatoms. The Morgan fingerprint density at radius 3 is 2.65 bits per heavy atom. The van der Waals surface area contributed by atoms with E-state index in [0.717, 1.165) is 20.9 Å². The molecule has 4 nitrogen and oxygen atoms in total. The summed E-state index contributed by atoms with van der Waals surface area (Å²) in [6, 6.07) is 5.88. The maximum atomic E-state index is 12.3. The highest BCUT2D eigenvalue weighted by Crippen LogP contribution is 2.28. The molecule has 23 heavy (non-hydrogen) atoms. The van der Waals surface area contributed by atoms with Crippen LogP contribution in [0, 0.1) is 6.92 Å². The topological polar surface area (TPSA) is 51.2 Å². The molecule has 0 fully saturated rings. The van der Waals surface area contributed by atoms with E-state index in [9.17, 15) is 4.79 Å². The molecule has 2 aromatic rings. The van der Waals surface area contributed by atoms with Gasteiger partial charge in [-0.1, -0.05) is 0 Å². The number of thioether (sulfide) groups is 1. The van der Waals surface area contributed by atoms with Gasteiger partial charge in [-0.2, -0.15) is 0 Å². The standard InChI is InChI=1S/C17H21BrN2O2S/c1-10-6-13-11(7-12(18)9-19-13)8-14(10)22-16(23-5)15(21)20-17(2,3)4/h6-9,16H,1-5H3,(H,20,21). The van der Waals surface area contributed by atoms with Crippen molar-refractivity contribution in [2.75, 3.05) is 6.26 Å². The van der Waals surface area contributed by atoms with Gasteiger partial charge in [0.25, 0.3) is 5.91 Å². The molecule has 1 unspecified atom stereocenters. The van der Waals surface area contributed by atoms with Gasteiger partial charge in [0.05, 0.1) is 5.52 Å². The maximum absolute atomic E-state index is 12.3. The van der Waals surface area contributed by atoms with Crippen molar-refractivity contribution in [3.05, 3.63) is 34.4 Å². The summed E-state index contributed by atoms with van der Waals surface area (Å²) in [5, 5.41) is 3.92. The summed E-state index contributed by atoms with van der Waals surface area (Å²) >= 11 is 4.80. The van der Waals surface area contributed by atoms with Gasteiger partial charge in [-0.25, -0.2) is 0 Å². The largest absolute Gasteiger partial charge is 0.470 e. The Hall–Kier alpha value is -1.27. The molecule has 2 rings (SSSR count). The predicted molar refractivity (Wildman–Crippen MR) is 100 cm³/mol. The quantitative estimate of drug-likeness (QED) is 0.783. The van der Waals surface area contributed by atoms with Crippen molar-refractivity contribution in [2.24, 2.45) is 0 Å². The summed E-state index contributed by atoms with van der Waals surface area (Å²) in [7, 11) is 0. The number of pyridine rings is 1. The van der Waals surface area contributed by atoms with E-state index in [-0.39, 0.29) is 11.4 Å². The van der Waals surface area contributed by atoms with Crippen LogP contribution < -0.4 is 10.1 Å². The number of fused-ring (bicyclic) bond motifs is 1. The summed E-state index contributed by atoms with van der Waals surface area (Å²) in [6.07, 6.45) is 3.63. The smallest absolute Gasteiger partial charge is 0.272 e. The molecular formula is C17H21BrN2O2S. The molecule has 0 saturated heterocycles. The summed E-state index contributed by atoms with van der Waals surface area (Å²) in [6.45, 7) is 7.81. The number of rotatable bonds is 4. The zero-order valence-electron chi connectivity index (χ0n) is 13.9. The van der Waals surface area contributed by atoms with Gasteiger partial charge in [-0.05, 0) is 73.6 Å². The number of halogens is 1. The Bertz CT molecular complexity index is 728. The summed E-state index contributed by atoms with van der Waals surface area (Å²) in [4.78, 5) is 16.7. The van der Waals surface area contributed by atoms with Gasteiger partial charge in [-0.15, -0.1) is 11.8 Å². The van der Waals surface area contributed by atoms with Crippen LogP contribution in [0.15, 0.2) is 28.9 Å². The lowest BCUT2D eigenvalue weighted by molar-refractivity contribution is -0.125. The van der Waals surface area contributed by atoms with E-state index < -0.39 is 5.44 Å². The normalized spacial score (nSPS) is 13.0. The molecule has 0 bridgehead atoms. The predicted octanol–water partition coefficient (Wildman–Crippen LogP) is 4.29. The van der Waals surface area contributed by atoms with Crippen molar-refractivity contribution in [3.63, 3.8) is 0 Å². The molecule has 1 amide bonds. The average Bonchev–Trinajstić information content (AvgIpc) is 2.43. The van der Waals surface area contributed by atoms with Crippen molar-refractivity contribution in [2.45, 2.75) is 38.7 Å². The molecule has 0 aliphatic carbocycles. The molecule has 1 N–H and O–H groups in total.